The number of thiazole rings is 1. The average molecular weight is 401 g/mol. The Morgan fingerprint density at radius 3 is 2.62 bits per heavy atom. The Labute approximate surface area is 172 Å². The summed E-state index contributed by atoms with van der Waals surface area (Å²) in [4.78, 5) is 19.8. The Morgan fingerprint density at radius 1 is 1.17 bits per heavy atom. The first-order chi connectivity index (χ1) is 14.1. The molecule has 0 aliphatic carbocycles. The van der Waals surface area contributed by atoms with Crippen molar-refractivity contribution < 1.29 is 9.21 Å². The normalized spacial score (nSPS) is 11.0. The molecule has 1 amide bonds. The average Bonchev–Trinajstić information content (AvgIpc) is 3.40. The third kappa shape index (κ3) is 3.78. The first kappa shape index (κ1) is 18.9. The summed E-state index contributed by atoms with van der Waals surface area (Å²) >= 11 is 1.49. The van der Waals surface area contributed by atoms with E-state index in [1.165, 1.54) is 11.3 Å². The van der Waals surface area contributed by atoms with Crippen molar-refractivity contribution in [3.8, 4) is 6.07 Å². The number of para-hydroxylation sites is 1. The van der Waals surface area contributed by atoms with Crippen molar-refractivity contribution >= 4 is 32.6 Å². The van der Waals surface area contributed by atoms with E-state index in [4.69, 9.17) is 14.7 Å². The van der Waals surface area contributed by atoms with Crippen molar-refractivity contribution in [3.63, 3.8) is 0 Å². The minimum absolute atomic E-state index is 0.184. The van der Waals surface area contributed by atoms with Crippen molar-refractivity contribution in [2.75, 3.05) is 4.90 Å². The fourth-order valence-electron chi connectivity index (χ4n) is 3.17. The van der Waals surface area contributed by atoms with Crippen LogP contribution in [0.5, 0.6) is 0 Å². The number of anilines is 1. The van der Waals surface area contributed by atoms with E-state index >= 15 is 0 Å². The molecular formula is C23H19N3O2S. The number of hydrogen-bond acceptors (Lipinski definition) is 5. The number of aromatic nitrogens is 1. The van der Waals surface area contributed by atoms with Gasteiger partial charge in [0, 0.05) is 5.56 Å². The number of benzene rings is 2. The van der Waals surface area contributed by atoms with Crippen molar-refractivity contribution in [1.29, 1.82) is 5.26 Å². The van der Waals surface area contributed by atoms with Crippen LogP contribution in [-0.2, 0) is 6.54 Å². The largest absolute Gasteiger partial charge is 0.467 e. The van der Waals surface area contributed by atoms with Gasteiger partial charge in [0.05, 0.1) is 34.7 Å². The molecule has 0 atom stereocenters. The second-order valence-corrected chi connectivity index (χ2v) is 8.01. The maximum Gasteiger partial charge on any atom is 0.260 e. The van der Waals surface area contributed by atoms with Gasteiger partial charge in [0.1, 0.15) is 5.76 Å². The molecule has 0 fully saturated rings. The number of rotatable bonds is 5. The molecule has 0 unspecified atom stereocenters. The molecule has 2 heterocycles. The second-order valence-electron chi connectivity index (χ2n) is 7.00. The maximum absolute atomic E-state index is 13.3. The molecule has 2 aromatic heterocycles. The summed E-state index contributed by atoms with van der Waals surface area (Å²) in [5, 5.41) is 9.63. The zero-order valence-electron chi connectivity index (χ0n) is 16.1. The van der Waals surface area contributed by atoms with Gasteiger partial charge in [-0.05, 0) is 53.9 Å². The molecule has 29 heavy (non-hydrogen) atoms. The van der Waals surface area contributed by atoms with E-state index in [0.717, 1.165) is 15.8 Å². The highest BCUT2D eigenvalue weighted by molar-refractivity contribution is 7.22. The lowest BCUT2D eigenvalue weighted by Gasteiger charge is -2.18. The molecule has 6 heteroatoms. The Balaban J connectivity index is 1.78. The molecular weight excluding hydrogens is 382 g/mol. The number of nitriles is 1. The van der Waals surface area contributed by atoms with E-state index in [0.29, 0.717) is 27.9 Å². The molecule has 0 N–H and O–H groups in total. The van der Waals surface area contributed by atoms with Gasteiger partial charge in [-0.25, -0.2) is 4.98 Å². The first-order valence-electron chi connectivity index (χ1n) is 9.30. The Morgan fingerprint density at radius 2 is 1.97 bits per heavy atom. The molecule has 0 radical (unpaired) electrons. The third-order valence-corrected chi connectivity index (χ3v) is 5.74. The summed E-state index contributed by atoms with van der Waals surface area (Å²) in [6.45, 7) is 4.55. The van der Waals surface area contributed by atoms with Crippen LogP contribution >= 0.6 is 11.3 Å². The number of carbonyl (C=O) groups is 1. The zero-order valence-corrected chi connectivity index (χ0v) is 16.9. The highest BCUT2D eigenvalue weighted by atomic mass is 32.1. The van der Waals surface area contributed by atoms with E-state index in [2.05, 4.69) is 26.0 Å². The summed E-state index contributed by atoms with van der Waals surface area (Å²) in [7, 11) is 0. The summed E-state index contributed by atoms with van der Waals surface area (Å²) in [5.41, 5.74) is 3.10. The number of fused-ring (bicyclic) bond motifs is 1. The zero-order chi connectivity index (χ0) is 20.4. The van der Waals surface area contributed by atoms with Crippen LogP contribution in [-0.4, -0.2) is 10.9 Å². The molecule has 144 valence electrons. The molecule has 0 bridgehead atoms. The molecule has 5 nitrogen and oxygen atoms in total. The molecule has 0 aliphatic heterocycles. The van der Waals surface area contributed by atoms with Gasteiger partial charge in [-0.3, -0.25) is 9.69 Å². The lowest BCUT2D eigenvalue weighted by atomic mass is 10.0. The summed E-state index contributed by atoms with van der Waals surface area (Å²) in [6, 6.07) is 18.5. The van der Waals surface area contributed by atoms with Crippen LogP contribution in [0.3, 0.4) is 0 Å². The summed E-state index contributed by atoms with van der Waals surface area (Å²) in [6.07, 6.45) is 1.59. The van der Waals surface area contributed by atoms with Gasteiger partial charge in [-0.15, -0.1) is 0 Å². The lowest BCUT2D eigenvalue weighted by molar-refractivity contribution is 0.0983. The van der Waals surface area contributed by atoms with Gasteiger partial charge in [0.2, 0.25) is 0 Å². The molecule has 4 rings (SSSR count). The van der Waals surface area contributed by atoms with Crippen LogP contribution < -0.4 is 4.90 Å². The number of amides is 1. The van der Waals surface area contributed by atoms with Gasteiger partial charge in [0.25, 0.3) is 5.91 Å². The third-order valence-electron chi connectivity index (χ3n) is 4.69. The van der Waals surface area contributed by atoms with E-state index in [9.17, 15) is 4.79 Å². The Bertz CT molecular complexity index is 1190. The maximum atomic E-state index is 13.3. The molecule has 0 aliphatic rings. The van der Waals surface area contributed by atoms with E-state index in [-0.39, 0.29) is 12.5 Å². The number of nitrogens with zero attached hydrogens (tertiary/aromatic N) is 3. The van der Waals surface area contributed by atoms with Crippen LogP contribution in [0, 0.1) is 11.3 Å². The van der Waals surface area contributed by atoms with Gasteiger partial charge < -0.3 is 4.42 Å². The van der Waals surface area contributed by atoms with Crippen LogP contribution in [0.4, 0.5) is 5.13 Å². The van der Waals surface area contributed by atoms with Crippen LogP contribution in [0.25, 0.3) is 10.2 Å². The highest BCUT2D eigenvalue weighted by Gasteiger charge is 2.23. The predicted molar refractivity (Wildman–Crippen MR) is 114 cm³/mol. The standard InChI is InChI=1S/C23H19N3O2S/c1-15(2)19-6-3-7-20-21(19)25-23(29-20)26(14-18-5-4-12-28-18)22(27)17-10-8-16(13-24)9-11-17/h3-12,15H,14H2,1-2H3. The first-order valence-corrected chi connectivity index (χ1v) is 10.1. The van der Waals surface area contributed by atoms with Crippen LogP contribution in [0.1, 0.15) is 47.0 Å². The van der Waals surface area contributed by atoms with Gasteiger partial charge in [0.15, 0.2) is 5.13 Å². The topological polar surface area (TPSA) is 70.1 Å². The van der Waals surface area contributed by atoms with Crippen LogP contribution in [0.2, 0.25) is 0 Å². The fraction of sp³-hybridized carbons (Fsp3) is 0.174. The molecule has 2 aromatic carbocycles. The number of furan rings is 1. The minimum atomic E-state index is -0.184. The van der Waals surface area contributed by atoms with Gasteiger partial charge in [-0.2, -0.15) is 5.26 Å². The minimum Gasteiger partial charge on any atom is -0.467 e. The lowest BCUT2D eigenvalue weighted by Crippen LogP contribution is -2.30. The quantitative estimate of drug-likeness (QED) is 0.428. The Kier molecular flexibility index (Phi) is 5.15. The van der Waals surface area contributed by atoms with E-state index < -0.39 is 0 Å². The SMILES string of the molecule is CC(C)c1cccc2sc(N(Cc3ccco3)C(=O)c3ccc(C#N)cc3)nc12. The van der Waals surface area contributed by atoms with Crippen molar-refractivity contribution in [3.05, 3.63) is 83.3 Å². The van der Waals surface area contributed by atoms with E-state index in [1.807, 2.05) is 18.2 Å². The second kappa shape index (κ2) is 7.90. The molecule has 0 spiro atoms. The van der Waals surface area contributed by atoms with Crippen molar-refractivity contribution in [2.45, 2.75) is 26.3 Å². The summed E-state index contributed by atoms with van der Waals surface area (Å²) in [5.74, 6) is 0.827. The Hall–Kier alpha value is -3.43. The molecule has 0 saturated heterocycles. The smallest absolute Gasteiger partial charge is 0.260 e. The van der Waals surface area contributed by atoms with Crippen molar-refractivity contribution in [2.24, 2.45) is 0 Å². The van der Waals surface area contributed by atoms with Gasteiger partial charge >= 0.3 is 0 Å². The fourth-order valence-corrected chi connectivity index (χ4v) is 4.17. The molecule has 0 saturated carbocycles. The van der Waals surface area contributed by atoms with Crippen LogP contribution in [0.15, 0.2) is 65.3 Å². The number of hydrogen-bond donors (Lipinski definition) is 0. The van der Waals surface area contributed by atoms with Gasteiger partial charge in [-0.1, -0.05) is 37.3 Å². The monoisotopic (exact) mass is 401 g/mol. The molecule has 4 aromatic rings. The van der Waals surface area contributed by atoms with E-state index in [1.54, 1.807) is 41.5 Å². The highest BCUT2D eigenvalue weighted by Crippen LogP contribution is 2.34. The number of carbonyl (C=O) groups excluding carboxylic acids is 1. The summed E-state index contributed by atoms with van der Waals surface area (Å²) < 4.78 is 6.53. The predicted octanol–water partition coefficient (Wildman–Crippen LogP) is 5.73. The van der Waals surface area contributed by atoms with Crippen molar-refractivity contribution in [1.82, 2.24) is 4.98 Å².